The summed E-state index contributed by atoms with van der Waals surface area (Å²) in [6.45, 7) is 1.99. The van der Waals surface area contributed by atoms with Crippen molar-refractivity contribution in [1.29, 1.82) is 0 Å². The molecule has 0 aliphatic rings. The van der Waals surface area contributed by atoms with Crippen LogP contribution < -0.4 is 5.32 Å². The number of carbonyl (C=O) groups excluding carboxylic acids is 1. The Morgan fingerprint density at radius 3 is 2.76 bits per heavy atom. The third-order valence-corrected chi connectivity index (χ3v) is 3.49. The number of hydrogen-bond acceptors (Lipinski definition) is 1. The van der Waals surface area contributed by atoms with Crippen molar-refractivity contribution in [2.24, 2.45) is 0 Å². The molecule has 0 atom stereocenters. The van der Waals surface area contributed by atoms with Gasteiger partial charge in [0.2, 0.25) is 0 Å². The minimum absolute atomic E-state index is 0.0277. The summed E-state index contributed by atoms with van der Waals surface area (Å²) in [5.74, 6) is -0.817. The predicted molar refractivity (Wildman–Crippen MR) is 82.4 cm³/mol. The number of benzene rings is 2. The first kappa shape index (κ1) is 13.6. The molecule has 1 aromatic heterocycles. The summed E-state index contributed by atoms with van der Waals surface area (Å²) in [6, 6.07) is 11.7. The lowest BCUT2D eigenvalue weighted by Gasteiger charge is -2.04. The first-order valence-electron chi connectivity index (χ1n) is 6.39. The van der Waals surface area contributed by atoms with E-state index < -0.39 is 5.82 Å². The fourth-order valence-corrected chi connectivity index (χ4v) is 2.32. The van der Waals surface area contributed by atoms with Gasteiger partial charge in [0.05, 0.1) is 5.02 Å². The van der Waals surface area contributed by atoms with Crippen molar-refractivity contribution in [3.8, 4) is 0 Å². The van der Waals surface area contributed by atoms with Crippen LogP contribution in [0.25, 0.3) is 10.9 Å². The number of rotatable bonds is 2. The van der Waals surface area contributed by atoms with Gasteiger partial charge < -0.3 is 10.3 Å². The van der Waals surface area contributed by atoms with Gasteiger partial charge in [0.15, 0.2) is 0 Å². The van der Waals surface area contributed by atoms with E-state index in [0.717, 1.165) is 16.5 Å². The zero-order valence-corrected chi connectivity index (χ0v) is 12.0. The number of amides is 1. The van der Waals surface area contributed by atoms with E-state index in [2.05, 4.69) is 10.3 Å². The van der Waals surface area contributed by atoms with Crippen LogP contribution in [0, 0.1) is 12.7 Å². The Morgan fingerprint density at radius 2 is 2.00 bits per heavy atom. The van der Waals surface area contributed by atoms with Crippen molar-refractivity contribution < 1.29 is 9.18 Å². The maximum atomic E-state index is 13.1. The highest BCUT2D eigenvalue weighted by Crippen LogP contribution is 2.21. The molecule has 3 nitrogen and oxygen atoms in total. The zero-order valence-electron chi connectivity index (χ0n) is 11.2. The molecular formula is C16H12ClFN2O. The highest BCUT2D eigenvalue weighted by atomic mass is 35.5. The van der Waals surface area contributed by atoms with Crippen LogP contribution >= 0.6 is 11.6 Å². The number of nitrogens with one attached hydrogen (secondary N) is 2. The lowest BCUT2D eigenvalue weighted by Crippen LogP contribution is -2.12. The van der Waals surface area contributed by atoms with Gasteiger partial charge in [-0.1, -0.05) is 23.7 Å². The second-order valence-electron chi connectivity index (χ2n) is 4.86. The summed E-state index contributed by atoms with van der Waals surface area (Å²) >= 11 is 5.69. The van der Waals surface area contributed by atoms with Crippen LogP contribution in [0.1, 0.15) is 16.1 Å². The van der Waals surface area contributed by atoms with E-state index in [1.165, 1.54) is 18.2 Å². The van der Waals surface area contributed by atoms with E-state index in [4.69, 9.17) is 11.6 Å². The first-order valence-corrected chi connectivity index (χ1v) is 6.76. The fraction of sp³-hybridized carbons (Fsp3) is 0.0625. The molecule has 0 saturated heterocycles. The van der Waals surface area contributed by atoms with E-state index in [1.807, 2.05) is 25.1 Å². The molecule has 5 heteroatoms. The molecule has 0 spiro atoms. The largest absolute Gasteiger partial charge is 0.351 e. The lowest BCUT2D eigenvalue weighted by atomic mass is 10.2. The van der Waals surface area contributed by atoms with E-state index in [1.54, 1.807) is 6.07 Å². The average molecular weight is 303 g/mol. The van der Waals surface area contributed by atoms with Crippen molar-refractivity contribution in [1.82, 2.24) is 4.98 Å². The molecule has 2 N–H and O–H groups in total. The molecule has 106 valence electrons. The van der Waals surface area contributed by atoms with Gasteiger partial charge in [-0.25, -0.2) is 4.39 Å². The third-order valence-electron chi connectivity index (χ3n) is 3.20. The van der Waals surface area contributed by atoms with Crippen molar-refractivity contribution in [2.75, 3.05) is 5.32 Å². The molecule has 0 aliphatic carbocycles. The van der Waals surface area contributed by atoms with Crippen molar-refractivity contribution in [3.63, 3.8) is 0 Å². The minimum Gasteiger partial charge on any atom is -0.351 e. The second kappa shape index (κ2) is 5.22. The quantitative estimate of drug-likeness (QED) is 0.718. The molecule has 21 heavy (non-hydrogen) atoms. The molecule has 0 fully saturated rings. The van der Waals surface area contributed by atoms with Crippen LogP contribution in [0.4, 0.5) is 10.1 Å². The van der Waals surface area contributed by atoms with Gasteiger partial charge in [-0.15, -0.1) is 0 Å². The summed E-state index contributed by atoms with van der Waals surface area (Å²) in [5, 5.41) is 3.61. The molecule has 0 radical (unpaired) electrons. The van der Waals surface area contributed by atoms with Crippen LogP contribution in [-0.2, 0) is 0 Å². The molecule has 1 heterocycles. The van der Waals surface area contributed by atoms with Gasteiger partial charge in [-0.3, -0.25) is 4.79 Å². The van der Waals surface area contributed by atoms with Crippen molar-refractivity contribution in [3.05, 3.63) is 64.6 Å². The Morgan fingerprint density at radius 1 is 1.19 bits per heavy atom. The Labute approximate surface area is 125 Å². The third kappa shape index (κ3) is 2.76. The summed E-state index contributed by atoms with van der Waals surface area (Å²) in [4.78, 5) is 15.2. The van der Waals surface area contributed by atoms with Crippen LogP contribution in [0.15, 0.2) is 42.5 Å². The lowest BCUT2D eigenvalue weighted by molar-refractivity contribution is 0.102. The maximum absolute atomic E-state index is 13.1. The number of fused-ring (bicyclic) bond motifs is 1. The monoisotopic (exact) mass is 302 g/mol. The Bertz CT molecular complexity index is 841. The molecule has 2 aromatic carbocycles. The van der Waals surface area contributed by atoms with E-state index in [0.29, 0.717) is 11.4 Å². The van der Waals surface area contributed by atoms with E-state index in [9.17, 15) is 9.18 Å². The number of aryl methyl sites for hydroxylation is 1. The topological polar surface area (TPSA) is 44.9 Å². The van der Waals surface area contributed by atoms with Crippen molar-refractivity contribution in [2.45, 2.75) is 6.92 Å². The summed E-state index contributed by atoms with van der Waals surface area (Å²) in [6.07, 6.45) is 0. The molecular weight excluding hydrogens is 291 g/mol. The Kier molecular flexibility index (Phi) is 3.39. The smallest absolute Gasteiger partial charge is 0.272 e. The molecule has 1 amide bonds. The molecule has 3 aromatic rings. The van der Waals surface area contributed by atoms with Crippen LogP contribution in [0.3, 0.4) is 0 Å². The minimum atomic E-state index is -0.518. The standard InChI is InChI=1S/C16H12ClFN2O/c1-9-2-3-10-7-15(20-14(10)6-9)16(21)19-11-4-5-13(18)12(17)8-11/h2-8,20H,1H3,(H,19,21). The number of H-pyrrole nitrogens is 1. The van der Waals surface area contributed by atoms with Gasteiger partial charge in [0.25, 0.3) is 5.91 Å². The average Bonchev–Trinajstić information content (AvgIpc) is 2.86. The summed E-state index contributed by atoms with van der Waals surface area (Å²) < 4.78 is 13.1. The van der Waals surface area contributed by atoms with Gasteiger partial charge in [0.1, 0.15) is 11.5 Å². The predicted octanol–water partition coefficient (Wildman–Crippen LogP) is 4.52. The normalized spacial score (nSPS) is 10.8. The molecule has 0 bridgehead atoms. The SMILES string of the molecule is Cc1ccc2cc(C(=O)Nc3ccc(F)c(Cl)c3)[nH]c2c1. The number of anilines is 1. The highest BCUT2D eigenvalue weighted by Gasteiger charge is 2.11. The Hall–Kier alpha value is -2.33. The summed E-state index contributed by atoms with van der Waals surface area (Å²) in [7, 11) is 0. The number of halogens is 2. The van der Waals surface area contributed by atoms with Crippen LogP contribution in [0.2, 0.25) is 5.02 Å². The highest BCUT2D eigenvalue weighted by molar-refractivity contribution is 6.31. The van der Waals surface area contributed by atoms with Crippen LogP contribution in [-0.4, -0.2) is 10.9 Å². The fourth-order valence-electron chi connectivity index (χ4n) is 2.14. The Balaban J connectivity index is 1.87. The van der Waals surface area contributed by atoms with Gasteiger partial charge >= 0.3 is 0 Å². The van der Waals surface area contributed by atoms with Crippen LogP contribution in [0.5, 0.6) is 0 Å². The number of carbonyl (C=O) groups is 1. The number of hydrogen-bond donors (Lipinski definition) is 2. The van der Waals surface area contributed by atoms with E-state index in [-0.39, 0.29) is 10.9 Å². The van der Waals surface area contributed by atoms with Gasteiger partial charge in [-0.2, -0.15) is 0 Å². The zero-order chi connectivity index (χ0) is 15.0. The summed E-state index contributed by atoms with van der Waals surface area (Å²) in [5.41, 5.74) is 2.90. The molecule has 3 rings (SSSR count). The number of aromatic nitrogens is 1. The molecule has 0 unspecified atom stereocenters. The number of aromatic amines is 1. The van der Waals surface area contributed by atoms with Crippen molar-refractivity contribution >= 4 is 34.1 Å². The van der Waals surface area contributed by atoms with E-state index >= 15 is 0 Å². The molecule has 0 saturated carbocycles. The molecule has 0 aliphatic heterocycles. The first-order chi connectivity index (χ1) is 10.0. The maximum Gasteiger partial charge on any atom is 0.272 e. The van der Waals surface area contributed by atoms with Gasteiger partial charge in [0, 0.05) is 16.6 Å². The second-order valence-corrected chi connectivity index (χ2v) is 5.26. The van der Waals surface area contributed by atoms with Gasteiger partial charge in [-0.05, 0) is 42.8 Å².